The summed E-state index contributed by atoms with van der Waals surface area (Å²) in [6, 6.07) is 15.7. The summed E-state index contributed by atoms with van der Waals surface area (Å²) in [5.74, 6) is 0.775. The molecule has 0 aliphatic carbocycles. The Balaban J connectivity index is 1.64. The van der Waals surface area contributed by atoms with Crippen molar-refractivity contribution < 1.29 is 4.42 Å². The summed E-state index contributed by atoms with van der Waals surface area (Å²) in [4.78, 5) is 4.43. The number of rotatable bonds is 4. The van der Waals surface area contributed by atoms with Crippen molar-refractivity contribution in [1.29, 1.82) is 0 Å². The van der Waals surface area contributed by atoms with Crippen LogP contribution in [0, 0.1) is 0 Å². The molecule has 3 aromatic heterocycles. The second kappa shape index (κ2) is 5.88. The van der Waals surface area contributed by atoms with Gasteiger partial charge < -0.3 is 9.73 Å². The molecular formula is C18H14N4O. The van der Waals surface area contributed by atoms with E-state index in [1.54, 1.807) is 18.7 Å². The molecule has 0 spiro atoms. The summed E-state index contributed by atoms with van der Waals surface area (Å²) in [6.07, 6.45) is 5.13. The lowest BCUT2D eigenvalue weighted by atomic mass is 10.1. The van der Waals surface area contributed by atoms with Gasteiger partial charge in [-0.05, 0) is 30.3 Å². The van der Waals surface area contributed by atoms with Crippen LogP contribution in [0.15, 0.2) is 71.6 Å². The highest BCUT2D eigenvalue weighted by Crippen LogP contribution is 2.25. The van der Waals surface area contributed by atoms with Crippen molar-refractivity contribution in [2.75, 3.05) is 5.32 Å². The number of pyridine rings is 1. The lowest BCUT2D eigenvalue weighted by molar-refractivity contribution is 0.611. The van der Waals surface area contributed by atoms with Gasteiger partial charge in [-0.2, -0.15) is 10.2 Å². The molecule has 0 fully saturated rings. The zero-order valence-electron chi connectivity index (χ0n) is 12.3. The molecule has 23 heavy (non-hydrogen) atoms. The van der Waals surface area contributed by atoms with Crippen LogP contribution >= 0.6 is 0 Å². The Kier molecular flexibility index (Phi) is 3.44. The van der Waals surface area contributed by atoms with Gasteiger partial charge in [-0.1, -0.05) is 18.2 Å². The first-order chi connectivity index (χ1) is 11.4. The molecule has 0 atom stereocenters. The number of aromatic nitrogens is 3. The average Bonchev–Trinajstić information content (AvgIpc) is 3.10. The third-order valence-electron chi connectivity index (χ3n) is 3.66. The second-order valence-electron chi connectivity index (χ2n) is 5.12. The Labute approximate surface area is 133 Å². The third kappa shape index (κ3) is 2.64. The Bertz CT molecular complexity index is 934. The minimum Gasteiger partial charge on any atom is -0.464 e. The fourth-order valence-corrected chi connectivity index (χ4v) is 2.57. The van der Waals surface area contributed by atoms with Crippen molar-refractivity contribution in [2.24, 2.45) is 0 Å². The van der Waals surface area contributed by atoms with E-state index in [4.69, 9.17) is 4.42 Å². The molecule has 0 unspecified atom stereocenters. The number of anilines is 1. The number of nitrogens with one attached hydrogen (secondary N) is 1. The first kappa shape index (κ1) is 13.5. The minimum atomic E-state index is 0.620. The number of fused-ring (bicyclic) bond motifs is 1. The first-order valence-electron chi connectivity index (χ1n) is 7.34. The van der Waals surface area contributed by atoms with Crippen molar-refractivity contribution in [3.63, 3.8) is 0 Å². The summed E-state index contributed by atoms with van der Waals surface area (Å²) in [5.41, 5.74) is 3.70. The molecule has 112 valence electrons. The van der Waals surface area contributed by atoms with Crippen molar-refractivity contribution in [2.45, 2.75) is 6.54 Å². The van der Waals surface area contributed by atoms with Crippen molar-refractivity contribution in [3.05, 3.63) is 72.8 Å². The van der Waals surface area contributed by atoms with E-state index in [-0.39, 0.29) is 0 Å². The van der Waals surface area contributed by atoms with Crippen LogP contribution in [0.25, 0.3) is 22.2 Å². The number of furan rings is 1. The predicted molar refractivity (Wildman–Crippen MR) is 88.8 cm³/mol. The summed E-state index contributed by atoms with van der Waals surface area (Å²) >= 11 is 0. The van der Waals surface area contributed by atoms with Crippen LogP contribution < -0.4 is 5.32 Å². The molecule has 0 radical (unpaired) electrons. The maximum absolute atomic E-state index is 5.57. The van der Waals surface area contributed by atoms with Gasteiger partial charge in [0.25, 0.3) is 0 Å². The monoisotopic (exact) mass is 302 g/mol. The molecule has 0 aliphatic heterocycles. The van der Waals surface area contributed by atoms with Crippen molar-refractivity contribution in [3.8, 4) is 11.3 Å². The lowest BCUT2D eigenvalue weighted by Gasteiger charge is -2.10. The molecule has 0 saturated heterocycles. The van der Waals surface area contributed by atoms with Crippen LogP contribution in [0.5, 0.6) is 0 Å². The average molecular weight is 302 g/mol. The topological polar surface area (TPSA) is 63.8 Å². The molecule has 1 aromatic carbocycles. The molecule has 0 saturated carbocycles. The zero-order chi connectivity index (χ0) is 15.5. The third-order valence-corrected chi connectivity index (χ3v) is 3.66. The van der Waals surface area contributed by atoms with E-state index in [0.29, 0.717) is 6.54 Å². The molecule has 0 amide bonds. The van der Waals surface area contributed by atoms with E-state index in [2.05, 4.69) is 20.5 Å². The van der Waals surface area contributed by atoms with E-state index < -0.39 is 0 Å². The largest absolute Gasteiger partial charge is 0.464 e. The van der Waals surface area contributed by atoms with Crippen LogP contribution in [0.2, 0.25) is 0 Å². The predicted octanol–water partition coefficient (Wildman–Crippen LogP) is 3.90. The van der Waals surface area contributed by atoms with Crippen LogP contribution in [0.1, 0.15) is 5.56 Å². The quantitative estimate of drug-likeness (QED) is 0.619. The van der Waals surface area contributed by atoms with E-state index in [0.717, 1.165) is 33.6 Å². The van der Waals surface area contributed by atoms with Gasteiger partial charge in [0.05, 0.1) is 12.0 Å². The fraction of sp³-hybridized carbons (Fsp3) is 0.0556. The summed E-state index contributed by atoms with van der Waals surface area (Å²) in [5, 5.41) is 12.6. The van der Waals surface area contributed by atoms with Crippen molar-refractivity contribution >= 4 is 16.8 Å². The molecular weight excluding hydrogens is 288 g/mol. The SMILES string of the molecule is c1cnnc(-c2cccnc2NCc2cccc3ccoc23)c1. The summed E-state index contributed by atoms with van der Waals surface area (Å²) < 4.78 is 5.57. The van der Waals surface area contributed by atoms with E-state index >= 15 is 0 Å². The van der Waals surface area contributed by atoms with Crippen molar-refractivity contribution in [1.82, 2.24) is 15.2 Å². The molecule has 5 heteroatoms. The van der Waals surface area contributed by atoms with Gasteiger partial charge in [0, 0.05) is 35.5 Å². The normalized spacial score (nSPS) is 10.8. The highest BCUT2D eigenvalue weighted by molar-refractivity contribution is 5.80. The summed E-state index contributed by atoms with van der Waals surface area (Å²) in [7, 11) is 0. The van der Waals surface area contributed by atoms with Gasteiger partial charge in [-0.25, -0.2) is 4.98 Å². The maximum atomic E-state index is 5.57. The Morgan fingerprint density at radius 3 is 2.83 bits per heavy atom. The van der Waals surface area contributed by atoms with Gasteiger partial charge in [0.15, 0.2) is 0 Å². The zero-order valence-corrected chi connectivity index (χ0v) is 12.3. The fourth-order valence-electron chi connectivity index (χ4n) is 2.57. The number of hydrogen-bond donors (Lipinski definition) is 1. The Morgan fingerprint density at radius 1 is 0.957 bits per heavy atom. The minimum absolute atomic E-state index is 0.620. The molecule has 0 bridgehead atoms. The first-order valence-corrected chi connectivity index (χ1v) is 7.34. The molecule has 4 aromatic rings. The lowest BCUT2D eigenvalue weighted by Crippen LogP contribution is -2.03. The van der Waals surface area contributed by atoms with Gasteiger partial charge in [-0.15, -0.1) is 0 Å². The number of hydrogen-bond acceptors (Lipinski definition) is 5. The smallest absolute Gasteiger partial charge is 0.138 e. The molecule has 5 nitrogen and oxygen atoms in total. The number of para-hydroxylation sites is 1. The van der Waals surface area contributed by atoms with Gasteiger partial charge in [0.1, 0.15) is 11.4 Å². The van der Waals surface area contributed by atoms with E-state index in [1.807, 2.05) is 48.5 Å². The van der Waals surface area contributed by atoms with Gasteiger partial charge in [0.2, 0.25) is 0 Å². The molecule has 1 N–H and O–H groups in total. The van der Waals surface area contributed by atoms with Crippen LogP contribution in [-0.4, -0.2) is 15.2 Å². The number of benzene rings is 1. The molecule has 3 heterocycles. The highest BCUT2D eigenvalue weighted by Gasteiger charge is 2.09. The van der Waals surface area contributed by atoms with Crippen LogP contribution in [0.4, 0.5) is 5.82 Å². The van der Waals surface area contributed by atoms with E-state index in [1.165, 1.54) is 0 Å². The standard InChI is InChI=1S/C18H14N4O/c1-4-13-8-11-23-17(13)14(5-1)12-20-18-15(6-2-9-19-18)16-7-3-10-21-22-16/h1-11H,12H2,(H,19,20). The molecule has 0 aliphatic rings. The van der Waals surface area contributed by atoms with Crippen LogP contribution in [-0.2, 0) is 6.54 Å². The van der Waals surface area contributed by atoms with Gasteiger partial charge in [-0.3, -0.25) is 0 Å². The summed E-state index contributed by atoms with van der Waals surface area (Å²) in [6.45, 7) is 0.620. The maximum Gasteiger partial charge on any atom is 0.138 e. The van der Waals surface area contributed by atoms with Gasteiger partial charge >= 0.3 is 0 Å². The van der Waals surface area contributed by atoms with Crippen LogP contribution in [0.3, 0.4) is 0 Å². The molecule has 4 rings (SSSR count). The van der Waals surface area contributed by atoms with E-state index in [9.17, 15) is 0 Å². The Morgan fingerprint density at radius 2 is 1.91 bits per heavy atom. The second-order valence-corrected chi connectivity index (χ2v) is 5.12. The highest BCUT2D eigenvalue weighted by atomic mass is 16.3. The number of nitrogens with zero attached hydrogens (tertiary/aromatic N) is 3. The Hall–Kier alpha value is -3.21.